The lowest BCUT2D eigenvalue weighted by Gasteiger charge is -2.19. The Kier molecular flexibility index (Phi) is 3.71. The number of hydrogen-bond acceptors (Lipinski definition) is 8. The van der Waals surface area contributed by atoms with Gasteiger partial charge in [0.1, 0.15) is 6.33 Å². The number of benzene rings is 2. The summed E-state index contributed by atoms with van der Waals surface area (Å²) in [7, 11) is 0. The van der Waals surface area contributed by atoms with Gasteiger partial charge in [0.15, 0.2) is 11.5 Å². The van der Waals surface area contributed by atoms with E-state index in [2.05, 4.69) is 15.3 Å². The van der Waals surface area contributed by atoms with Gasteiger partial charge in [-0.25, -0.2) is 9.97 Å². The van der Waals surface area contributed by atoms with E-state index in [1.807, 2.05) is 29.2 Å². The second-order valence-electron chi connectivity index (χ2n) is 6.37. The number of nitrogens with zero attached hydrogens (tertiary/aromatic N) is 4. The number of anilines is 4. The van der Waals surface area contributed by atoms with Gasteiger partial charge in [0, 0.05) is 24.0 Å². The summed E-state index contributed by atoms with van der Waals surface area (Å²) in [6.45, 7) is 0.783. The lowest BCUT2D eigenvalue weighted by molar-refractivity contribution is -0.383. The molecule has 2 aliphatic rings. The van der Waals surface area contributed by atoms with Crippen molar-refractivity contribution in [1.82, 2.24) is 9.97 Å². The highest BCUT2D eigenvalue weighted by Crippen LogP contribution is 2.41. The average Bonchev–Trinajstić information content (AvgIpc) is 3.34. The predicted octanol–water partition coefficient (Wildman–Crippen LogP) is 3.55. The van der Waals surface area contributed by atoms with E-state index in [-0.39, 0.29) is 24.1 Å². The zero-order valence-electron chi connectivity index (χ0n) is 14.7. The molecule has 0 atom stereocenters. The minimum atomic E-state index is -0.453. The van der Waals surface area contributed by atoms with E-state index in [0.717, 1.165) is 17.7 Å². The molecule has 9 heteroatoms. The highest BCUT2D eigenvalue weighted by Gasteiger charge is 2.31. The highest BCUT2D eigenvalue weighted by molar-refractivity contribution is 5.80. The summed E-state index contributed by atoms with van der Waals surface area (Å²) in [5.41, 5.74) is 2.51. The summed E-state index contributed by atoms with van der Waals surface area (Å²) >= 11 is 0. The molecule has 0 unspecified atom stereocenters. The number of fused-ring (bicyclic) bond motifs is 2. The Morgan fingerprint density at radius 3 is 2.86 bits per heavy atom. The largest absolute Gasteiger partial charge is 0.454 e. The summed E-state index contributed by atoms with van der Waals surface area (Å²) in [6.07, 6.45) is 2.14. The molecule has 0 aliphatic carbocycles. The van der Waals surface area contributed by atoms with E-state index in [9.17, 15) is 10.1 Å². The van der Waals surface area contributed by atoms with Gasteiger partial charge in [-0.1, -0.05) is 18.2 Å². The van der Waals surface area contributed by atoms with Crippen LogP contribution in [0.3, 0.4) is 0 Å². The van der Waals surface area contributed by atoms with Crippen molar-refractivity contribution in [3.63, 3.8) is 0 Å². The van der Waals surface area contributed by atoms with Crippen LogP contribution in [0.5, 0.6) is 11.5 Å². The van der Waals surface area contributed by atoms with Gasteiger partial charge >= 0.3 is 5.69 Å². The van der Waals surface area contributed by atoms with Gasteiger partial charge in [0.2, 0.25) is 18.4 Å². The van der Waals surface area contributed by atoms with Gasteiger partial charge in [-0.2, -0.15) is 0 Å². The van der Waals surface area contributed by atoms with Crippen molar-refractivity contribution >= 4 is 28.7 Å². The van der Waals surface area contributed by atoms with E-state index >= 15 is 0 Å². The lowest BCUT2D eigenvalue weighted by atomic mass is 10.2. The number of nitro groups is 1. The minimum absolute atomic E-state index is 0.123. The molecule has 3 aromatic rings. The smallest absolute Gasteiger partial charge is 0.354 e. The van der Waals surface area contributed by atoms with E-state index in [4.69, 9.17) is 9.47 Å². The van der Waals surface area contributed by atoms with Crippen LogP contribution in [0.25, 0.3) is 0 Å². The zero-order chi connectivity index (χ0) is 19.1. The maximum Gasteiger partial charge on any atom is 0.354 e. The molecule has 1 N–H and O–H groups in total. The lowest BCUT2D eigenvalue weighted by Crippen LogP contribution is -2.17. The first-order valence-electron chi connectivity index (χ1n) is 8.72. The first kappa shape index (κ1) is 16.3. The average molecular weight is 377 g/mol. The molecule has 0 spiro atoms. The van der Waals surface area contributed by atoms with Gasteiger partial charge in [-0.15, -0.1) is 0 Å². The molecule has 5 rings (SSSR count). The van der Waals surface area contributed by atoms with Gasteiger partial charge in [-0.05, 0) is 30.2 Å². The maximum atomic E-state index is 11.9. The number of rotatable bonds is 4. The van der Waals surface area contributed by atoms with Crippen molar-refractivity contribution in [2.45, 2.75) is 6.42 Å². The quantitative estimate of drug-likeness (QED) is 0.544. The number of hydrogen-bond donors (Lipinski definition) is 1. The first-order chi connectivity index (χ1) is 13.7. The van der Waals surface area contributed by atoms with Crippen LogP contribution in [0.1, 0.15) is 5.56 Å². The molecule has 3 heterocycles. The molecule has 1 aromatic heterocycles. The third kappa shape index (κ3) is 2.64. The number of ether oxygens (including phenoxy) is 2. The van der Waals surface area contributed by atoms with Gasteiger partial charge in [0.05, 0.1) is 4.92 Å². The molecule has 0 fully saturated rings. The molecule has 0 amide bonds. The van der Waals surface area contributed by atoms with Crippen LogP contribution in [0.4, 0.5) is 28.7 Å². The Morgan fingerprint density at radius 2 is 1.96 bits per heavy atom. The molecule has 28 heavy (non-hydrogen) atoms. The number of nitrogens with one attached hydrogen (secondary N) is 1. The fourth-order valence-corrected chi connectivity index (χ4v) is 3.50. The fourth-order valence-electron chi connectivity index (χ4n) is 3.50. The van der Waals surface area contributed by atoms with Gasteiger partial charge < -0.3 is 19.7 Å². The Bertz CT molecular complexity index is 1090. The van der Waals surface area contributed by atoms with Crippen LogP contribution < -0.4 is 19.7 Å². The summed E-state index contributed by atoms with van der Waals surface area (Å²) in [5.74, 6) is 1.61. The Labute approximate surface area is 159 Å². The van der Waals surface area contributed by atoms with E-state index < -0.39 is 4.92 Å². The molecule has 9 nitrogen and oxygen atoms in total. The molecular formula is C19H15N5O4. The Hall–Kier alpha value is -3.88. The minimum Gasteiger partial charge on any atom is -0.454 e. The first-order valence-corrected chi connectivity index (χ1v) is 8.72. The summed E-state index contributed by atoms with van der Waals surface area (Å²) in [5, 5.41) is 14.9. The maximum absolute atomic E-state index is 11.9. The molecule has 2 aromatic carbocycles. The molecule has 0 saturated carbocycles. The van der Waals surface area contributed by atoms with Crippen LogP contribution in [0.2, 0.25) is 0 Å². The van der Waals surface area contributed by atoms with Gasteiger partial charge in [0.25, 0.3) is 0 Å². The molecule has 2 aliphatic heterocycles. The zero-order valence-corrected chi connectivity index (χ0v) is 14.7. The normalized spacial score (nSPS) is 14.1. The second-order valence-corrected chi connectivity index (χ2v) is 6.37. The monoisotopic (exact) mass is 377 g/mol. The topological polar surface area (TPSA) is 103 Å². The predicted molar refractivity (Wildman–Crippen MR) is 102 cm³/mol. The van der Waals surface area contributed by atoms with Crippen LogP contribution in [-0.4, -0.2) is 28.2 Å². The molecular weight excluding hydrogens is 362 g/mol. The van der Waals surface area contributed by atoms with Crippen molar-refractivity contribution in [1.29, 1.82) is 0 Å². The van der Waals surface area contributed by atoms with Crippen LogP contribution >= 0.6 is 0 Å². The second kappa shape index (κ2) is 6.38. The van der Waals surface area contributed by atoms with E-state index in [1.54, 1.807) is 18.2 Å². The molecule has 0 saturated heterocycles. The molecule has 0 radical (unpaired) electrons. The van der Waals surface area contributed by atoms with Crippen molar-refractivity contribution in [2.75, 3.05) is 23.6 Å². The van der Waals surface area contributed by atoms with Crippen molar-refractivity contribution < 1.29 is 14.4 Å². The molecule has 0 bridgehead atoms. The van der Waals surface area contributed by atoms with Crippen LogP contribution in [-0.2, 0) is 6.42 Å². The summed E-state index contributed by atoms with van der Waals surface area (Å²) in [6, 6.07) is 13.1. The van der Waals surface area contributed by atoms with Crippen LogP contribution in [0.15, 0.2) is 48.8 Å². The summed E-state index contributed by atoms with van der Waals surface area (Å²) < 4.78 is 10.7. The highest BCUT2D eigenvalue weighted by atomic mass is 16.7. The number of para-hydroxylation sites is 1. The Balaban J connectivity index is 1.55. The van der Waals surface area contributed by atoms with Crippen LogP contribution in [0, 0.1) is 10.1 Å². The number of aromatic nitrogens is 2. The van der Waals surface area contributed by atoms with E-state index in [1.165, 1.54) is 6.33 Å². The third-order valence-corrected chi connectivity index (χ3v) is 4.76. The third-order valence-electron chi connectivity index (χ3n) is 4.76. The van der Waals surface area contributed by atoms with Crippen molar-refractivity contribution in [2.24, 2.45) is 0 Å². The van der Waals surface area contributed by atoms with Gasteiger partial charge in [-0.3, -0.25) is 10.1 Å². The fraction of sp³-hybridized carbons (Fsp3) is 0.158. The SMILES string of the molecule is O=[N+]([O-])c1c(Nc2ccc3c(c2)OCO3)ncnc1N1CCc2ccccc21. The Morgan fingerprint density at radius 1 is 1.11 bits per heavy atom. The molecule has 140 valence electrons. The standard InChI is InChI=1S/C19H15N5O4/c25-24(26)17-18(22-13-5-6-15-16(9-13)28-11-27-15)20-10-21-19(17)23-8-7-12-3-1-2-4-14(12)23/h1-6,9-10H,7-8,11H2,(H,20,21,22). The van der Waals surface area contributed by atoms with Crippen molar-refractivity contribution in [3.8, 4) is 11.5 Å². The summed E-state index contributed by atoms with van der Waals surface area (Å²) in [4.78, 5) is 21.7. The van der Waals surface area contributed by atoms with E-state index in [0.29, 0.717) is 23.7 Å². The van der Waals surface area contributed by atoms with Crippen molar-refractivity contribution in [3.05, 3.63) is 64.5 Å².